The molecule has 102 valence electrons. The second kappa shape index (κ2) is 6.33. The number of fused-ring (bicyclic) bond motifs is 1. The van der Waals surface area contributed by atoms with E-state index in [2.05, 4.69) is 25.9 Å². The van der Waals surface area contributed by atoms with E-state index in [-0.39, 0.29) is 5.91 Å². The summed E-state index contributed by atoms with van der Waals surface area (Å²) in [6.45, 7) is 3.32. The van der Waals surface area contributed by atoms with Gasteiger partial charge in [-0.25, -0.2) is 4.98 Å². The molecule has 1 amide bonds. The Morgan fingerprint density at radius 2 is 2.21 bits per heavy atom. The van der Waals surface area contributed by atoms with E-state index >= 15 is 0 Å². The molecule has 0 aliphatic heterocycles. The Bertz CT molecular complexity index is 568. The van der Waals surface area contributed by atoms with E-state index in [4.69, 9.17) is 0 Å². The zero-order valence-corrected chi connectivity index (χ0v) is 11.8. The van der Waals surface area contributed by atoms with Crippen LogP contribution in [0.2, 0.25) is 0 Å². The summed E-state index contributed by atoms with van der Waals surface area (Å²) in [5, 5.41) is 11.9. The van der Waals surface area contributed by atoms with E-state index < -0.39 is 0 Å². The molecule has 0 saturated carbocycles. The number of hydrogen-bond acceptors (Lipinski definition) is 6. The number of carbonyl (C=O) groups is 1. The van der Waals surface area contributed by atoms with Crippen LogP contribution in [-0.2, 0) is 4.79 Å². The average Bonchev–Trinajstić information content (AvgIpc) is 2.87. The van der Waals surface area contributed by atoms with Crippen LogP contribution in [0.4, 0.5) is 11.8 Å². The van der Waals surface area contributed by atoms with Gasteiger partial charge in [-0.15, -0.1) is 11.3 Å². The number of anilines is 2. The van der Waals surface area contributed by atoms with Crippen LogP contribution in [-0.4, -0.2) is 36.0 Å². The maximum Gasteiger partial charge on any atom is 0.226 e. The molecule has 0 atom stereocenters. The first-order valence-electron chi connectivity index (χ1n) is 6.18. The van der Waals surface area contributed by atoms with Crippen LogP contribution in [0.5, 0.6) is 0 Å². The average molecular weight is 279 g/mol. The molecule has 0 aliphatic carbocycles. The maximum atomic E-state index is 11.2. The van der Waals surface area contributed by atoms with Crippen molar-refractivity contribution in [3.05, 3.63) is 11.4 Å². The second-order valence-corrected chi connectivity index (χ2v) is 4.81. The molecule has 2 aromatic heterocycles. The largest absolute Gasteiger partial charge is 0.369 e. The van der Waals surface area contributed by atoms with Crippen LogP contribution in [0, 0.1) is 0 Å². The molecule has 0 radical (unpaired) electrons. The Labute approximate surface area is 115 Å². The van der Waals surface area contributed by atoms with Gasteiger partial charge in [-0.2, -0.15) is 4.98 Å². The fraction of sp³-hybridized carbons (Fsp3) is 0.417. The fourth-order valence-electron chi connectivity index (χ4n) is 1.65. The Morgan fingerprint density at radius 3 is 2.95 bits per heavy atom. The molecule has 6 nitrogen and oxygen atoms in total. The number of thiophene rings is 1. The molecule has 2 heterocycles. The molecule has 2 rings (SSSR count). The summed E-state index contributed by atoms with van der Waals surface area (Å²) < 4.78 is 0. The minimum absolute atomic E-state index is 0.00928. The molecule has 19 heavy (non-hydrogen) atoms. The fourth-order valence-corrected chi connectivity index (χ4v) is 2.41. The van der Waals surface area contributed by atoms with Gasteiger partial charge in [-0.1, -0.05) is 0 Å². The smallest absolute Gasteiger partial charge is 0.226 e. The third kappa shape index (κ3) is 3.31. The summed E-state index contributed by atoms with van der Waals surface area (Å²) in [6.07, 6.45) is 0.419. The van der Waals surface area contributed by atoms with E-state index in [1.54, 1.807) is 18.4 Å². The van der Waals surface area contributed by atoms with Crippen molar-refractivity contribution in [1.29, 1.82) is 0 Å². The second-order valence-electron chi connectivity index (χ2n) is 3.92. The van der Waals surface area contributed by atoms with Gasteiger partial charge in [0.25, 0.3) is 0 Å². The van der Waals surface area contributed by atoms with Crippen LogP contribution in [0.3, 0.4) is 0 Å². The highest BCUT2D eigenvalue weighted by Crippen LogP contribution is 2.26. The maximum absolute atomic E-state index is 11.2. The molecule has 2 aromatic rings. The summed E-state index contributed by atoms with van der Waals surface area (Å²) in [7, 11) is 1.63. The lowest BCUT2D eigenvalue weighted by Gasteiger charge is -2.08. The van der Waals surface area contributed by atoms with Gasteiger partial charge in [0.1, 0.15) is 10.6 Å². The SMILES string of the molecule is CCNc1nc(NCCC(=O)NC)c2ccsc2n1. The summed E-state index contributed by atoms with van der Waals surface area (Å²) in [5.41, 5.74) is 0. The van der Waals surface area contributed by atoms with Crippen molar-refractivity contribution in [3.8, 4) is 0 Å². The van der Waals surface area contributed by atoms with Crippen molar-refractivity contribution in [2.45, 2.75) is 13.3 Å². The topological polar surface area (TPSA) is 78.9 Å². The van der Waals surface area contributed by atoms with E-state index in [1.165, 1.54) is 0 Å². The zero-order valence-electron chi connectivity index (χ0n) is 11.0. The third-order valence-electron chi connectivity index (χ3n) is 2.58. The summed E-state index contributed by atoms with van der Waals surface area (Å²) in [6, 6.07) is 1.98. The van der Waals surface area contributed by atoms with E-state index in [0.29, 0.717) is 18.9 Å². The molecule has 0 aliphatic rings. The number of nitrogens with zero attached hydrogens (tertiary/aromatic N) is 2. The van der Waals surface area contributed by atoms with Crippen LogP contribution in [0.1, 0.15) is 13.3 Å². The van der Waals surface area contributed by atoms with Gasteiger partial charge < -0.3 is 16.0 Å². The molecule has 0 aromatic carbocycles. The van der Waals surface area contributed by atoms with Crippen LogP contribution in [0.15, 0.2) is 11.4 Å². The van der Waals surface area contributed by atoms with Gasteiger partial charge in [-0.3, -0.25) is 4.79 Å². The van der Waals surface area contributed by atoms with Gasteiger partial charge in [0, 0.05) is 26.6 Å². The predicted octanol–water partition coefficient (Wildman–Crippen LogP) is 1.67. The normalized spacial score (nSPS) is 10.4. The highest BCUT2D eigenvalue weighted by molar-refractivity contribution is 7.16. The monoisotopic (exact) mass is 279 g/mol. The Morgan fingerprint density at radius 1 is 1.37 bits per heavy atom. The van der Waals surface area contributed by atoms with Crippen molar-refractivity contribution in [2.75, 3.05) is 30.8 Å². The molecule has 0 saturated heterocycles. The number of carbonyl (C=O) groups excluding carboxylic acids is 1. The Balaban J connectivity index is 2.15. The van der Waals surface area contributed by atoms with E-state index in [1.807, 2.05) is 18.4 Å². The summed E-state index contributed by atoms with van der Waals surface area (Å²) >= 11 is 1.58. The molecule has 7 heteroatoms. The van der Waals surface area contributed by atoms with Crippen molar-refractivity contribution >= 4 is 39.2 Å². The van der Waals surface area contributed by atoms with Crippen LogP contribution in [0.25, 0.3) is 10.2 Å². The molecule has 0 unspecified atom stereocenters. The van der Waals surface area contributed by atoms with E-state index in [0.717, 1.165) is 22.6 Å². The van der Waals surface area contributed by atoms with Crippen molar-refractivity contribution in [3.63, 3.8) is 0 Å². The van der Waals surface area contributed by atoms with Gasteiger partial charge in [0.05, 0.1) is 5.39 Å². The van der Waals surface area contributed by atoms with E-state index in [9.17, 15) is 4.79 Å². The molecule has 0 bridgehead atoms. The predicted molar refractivity (Wildman–Crippen MR) is 78.8 cm³/mol. The van der Waals surface area contributed by atoms with Gasteiger partial charge in [0.15, 0.2) is 0 Å². The lowest BCUT2D eigenvalue weighted by atomic mass is 10.3. The van der Waals surface area contributed by atoms with Crippen molar-refractivity contribution in [1.82, 2.24) is 15.3 Å². The molecule has 0 fully saturated rings. The van der Waals surface area contributed by atoms with Crippen LogP contribution >= 0.6 is 11.3 Å². The van der Waals surface area contributed by atoms with Gasteiger partial charge in [0.2, 0.25) is 11.9 Å². The summed E-state index contributed by atoms with van der Waals surface area (Å²) in [4.78, 5) is 21.0. The Kier molecular flexibility index (Phi) is 4.51. The third-order valence-corrected chi connectivity index (χ3v) is 3.39. The lowest BCUT2D eigenvalue weighted by molar-refractivity contribution is -0.120. The number of rotatable bonds is 6. The first-order valence-corrected chi connectivity index (χ1v) is 7.06. The molecular weight excluding hydrogens is 262 g/mol. The quantitative estimate of drug-likeness (QED) is 0.749. The zero-order chi connectivity index (χ0) is 13.7. The first kappa shape index (κ1) is 13.5. The Hall–Kier alpha value is -1.89. The number of amides is 1. The molecular formula is C12H17N5OS. The van der Waals surface area contributed by atoms with Gasteiger partial charge in [-0.05, 0) is 18.4 Å². The molecule has 0 spiro atoms. The highest BCUT2D eigenvalue weighted by Gasteiger charge is 2.08. The van der Waals surface area contributed by atoms with Gasteiger partial charge >= 0.3 is 0 Å². The highest BCUT2D eigenvalue weighted by atomic mass is 32.1. The van der Waals surface area contributed by atoms with Crippen LogP contribution < -0.4 is 16.0 Å². The standard InChI is InChI=1S/C12H17N5OS/c1-3-14-12-16-10(15-6-4-9(18)13-2)8-5-7-19-11(8)17-12/h5,7H,3-4,6H2,1-2H3,(H,13,18)(H2,14,15,16,17). The van der Waals surface area contributed by atoms with Crippen molar-refractivity contribution < 1.29 is 4.79 Å². The number of hydrogen-bond donors (Lipinski definition) is 3. The lowest BCUT2D eigenvalue weighted by Crippen LogP contribution is -2.21. The summed E-state index contributed by atoms with van der Waals surface area (Å²) in [5.74, 6) is 1.39. The molecule has 3 N–H and O–H groups in total. The number of aromatic nitrogens is 2. The minimum Gasteiger partial charge on any atom is -0.369 e. The first-order chi connectivity index (χ1) is 9.24. The minimum atomic E-state index is 0.00928. The number of nitrogens with one attached hydrogen (secondary N) is 3. The van der Waals surface area contributed by atoms with Crippen molar-refractivity contribution in [2.24, 2.45) is 0 Å².